The maximum Gasteiger partial charge on any atom is 0.330 e. The molecule has 3 heterocycles. The van der Waals surface area contributed by atoms with Crippen LogP contribution in [-0.4, -0.2) is 65.7 Å². The van der Waals surface area contributed by atoms with E-state index in [2.05, 4.69) is 14.9 Å². The second-order valence-electron chi connectivity index (χ2n) is 12.4. The quantitative estimate of drug-likeness (QED) is 0.281. The van der Waals surface area contributed by atoms with Crippen molar-refractivity contribution in [1.29, 1.82) is 0 Å². The average Bonchev–Trinajstić information content (AvgIpc) is 3.44. The van der Waals surface area contributed by atoms with Gasteiger partial charge in [-0.15, -0.1) is 0 Å². The van der Waals surface area contributed by atoms with Crippen LogP contribution in [0.1, 0.15) is 39.5 Å². The van der Waals surface area contributed by atoms with Crippen LogP contribution < -0.4 is 26.0 Å². The Bertz CT molecular complexity index is 2260. The first-order valence-corrected chi connectivity index (χ1v) is 17.8. The Morgan fingerprint density at radius 3 is 2.41 bits per heavy atom. The van der Waals surface area contributed by atoms with Crippen molar-refractivity contribution in [2.75, 3.05) is 31.8 Å². The van der Waals surface area contributed by atoms with E-state index < -0.39 is 39.0 Å². The van der Waals surface area contributed by atoms with Crippen LogP contribution in [0, 0.1) is 12.8 Å². The van der Waals surface area contributed by atoms with Gasteiger partial charge in [0, 0.05) is 61.8 Å². The van der Waals surface area contributed by atoms with Crippen molar-refractivity contribution in [3.8, 4) is 28.3 Å². The molecule has 6 rings (SSSR count). The van der Waals surface area contributed by atoms with Crippen LogP contribution in [0.4, 0.5) is 5.69 Å². The molecule has 15 heteroatoms. The number of benzene rings is 2. The molecule has 13 nitrogen and oxygen atoms in total. The highest BCUT2D eigenvalue weighted by Crippen LogP contribution is 2.46. The van der Waals surface area contributed by atoms with Crippen LogP contribution >= 0.6 is 11.6 Å². The van der Waals surface area contributed by atoms with E-state index in [1.807, 2.05) is 37.3 Å². The fourth-order valence-electron chi connectivity index (χ4n) is 6.59. The number of nitrogens with zero attached hydrogens (tertiary/aromatic N) is 4. The lowest BCUT2D eigenvalue weighted by Gasteiger charge is -2.42. The maximum atomic E-state index is 13.2. The van der Waals surface area contributed by atoms with Gasteiger partial charge in [-0.1, -0.05) is 41.9 Å². The Morgan fingerprint density at radius 2 is 1.71 bits per heavy atom. The smallest absolute Gasteiger partial charge is 0.330 e. The summed E-state index contributed by atoms with van der Waals surface area (Å²) in [5, 5.41) is 3.26. The third-order valence-corrected chi connectivity index (χ3v) is 10.1. The number of anilines is 1. The van der Waals surface area contributed by atoms with Gasteiger partial charge in [0.25, 0.3) is 11.5 Å². The summed E-state index contributed by atoms with van der Waals surface area (Å²) in [5.74, 6) is -1.08. The molecule has 0 unspecified atom stereocenters. The van der Waals surface area contributed by atoms with Crippen molar-refractivity contribution in [3.63, 3.8) is 0 Å². The molecule has 0 radical (unpaired) electrons. The molecular weight excluding hydrogens is 672 g/mol. The van der Waals surface area contributed by atoms with Gasteiger partial charge in [0.2, 0.25) is 21.8 Å². The molecule has 2 N–H and O–H groups in total. The van der Waals surface area contributed by atoms with Crippen molar-refractivity contribution in [2.45, 2.75) is 25.8 Å². The van der Waals surface area contributed by atoms with Gasteiger partial charge < -0.3 is 14.6 Å². The summed E-state index contributed by atoms with van der Waals surface area (Å²) in [4.78, 5) is 57.2. The first-order chi connectivity index (χ1) is 23.2. The summed E-state index contributed by atoms with van der Waals surface area (Å²) >= 11 is 7.09. The van der Waals surface area contributed by atoms with Gasteiger partial charge in [-0.05, 0) is 48.6 Å². The fourth-order valence-corrected chi connectivity index (χ4v) is 7.45. The van der Waals surface area contributed by atoms with Crippen molar-refractivity contribution < 1.29 is 22.7 Å². The lowest BCUT2D eigenvalue weighted by molar-refractivity contribution is -0.129. The summed E-state index contributed by atoms with van der Waals surface area (Å²) in [6.45, 7) is 2.71. The average molecular weight is 707 g/mol. The van der Waals surface area contributed by atoms with Crippen molar-refractivity contribution in [3.05, 3.63) is 96.8 Å². The van der Waals surface area contributed by atoms with Gasteiger partial charge in [0.05, 0.1) is 30.0 Å². The van der Waals surface area contributed by atoms with Crippen LogP contribution in [0.15, 0.2) is 58.3 Å². The van der Waals surface area contributed by atoms with Gasteiger partial charge in [-0.25, -0.2) is 18.2 Å². The number of hydrogen-bond acceptors (Lipinski definition) is 9. The number of halogens is 1. The van der Waals surface area contributed by atoms with Crippen LogP contribution in [0.25, 0.3) is 22.4 Å². The van der Waals surface area contributed by atoms with Crippen molar-refractivity contribution in [1.82, 2.24) is 23.7 Å². The number of hydrogen-bond donors (Lipinski definition) is 2. The van der Waals surface area contributed by atoms with E-state index in [1.165, 1.54) is 24.9 Å². The second kappa shape index (κ2) is 12.9. The topological polar surface area (TPSA) is 162 Å². The molecule has 2 aliphatic rings. The number of pyridine rings is 1. The summed E-state index contributed by atoms with van der Waals surface area (Å²) in [5.41, 5.74) is 4.60. The molecule has 1 aliphatic carbocycles. The van der Waals surface area contributed by atoms with E-state index in [9.17, 15) is 27.6 Å². The normalized spacial score (nSPS) is 16.2. The lowest BCUT2D eigenvalue weighted by Crippen LogP contribution is -2.55. The highest BCUT2D eigenvalue weighted by Gasteiger charge is 2.42. The molecule has 2 aromatic heterocycles. The highest BCUT2D eigenvalue weighted by atomic mass is 35.5. The number of aromatic nitrogens is 3. The monoisotopic (exact) mass is 706 g/mol. The second-order valence-corrected chi connectivity index (χ2v) is 14.6. The van der Waals surface area contributed by atoms with Crippen molar-refractivity contribution >= 4 is 39.1 Å². The number of rotatable bonds is 8. The summed E-state index contributed by atoms with van der Waals surface area (Å²) in [7, 11) is 0.734. The van der Waals surface area contributed by atoms with Crippen molar-refractivity contribution in [2.24, 2.45) is 20.0 Å². The number of sulfonamides is 1. The Labute approximate surface area is 287 Å². The van der Waals surface area contributed by atoms with Crippen LogP contribution in [0.5, 0.6) is 5.88 Å². The third-order valence-electron chi connectivity index (χ3n) is 9.17. The van der Waals surface area contributed by atoms with E-state index >= 15 is 0 Å². The zero-order chi connectivity index (χ0) is 35.4. The maximum absolute atomic E-state index is 13.2. The molecular formula is C34H35ClN6O7S. The minimum absolute atomic E-state index is 0.0165. The molecule has 256 valence electrons. The Kier molecular flexibility index (Phi) is 8.98. The molecule has 1 fully saturated rings. The predicted molar refractivity (Wildman–Crippen MR) is 185 cm³/mol. The number of carbonyl (C=O) groups is 2. The fraction of sp³-hybridized carbons (Fsp3) is 0.324. The molecule has 1 aliphatic heterocycles. The van der Waals surface area contributed by atoms with E-state index in [4.69, 9.17) is 21.3 Å². The molecule has 2 amide bonds. The number of fused-ring (bicyclic) bond motifs is 1. The Morgan fingerprint density at radius 1 is 1.04 bits per heavy atom. The minimum atomic E-state index is -3.62. The van der Waals surface area contributed by atoms with Gasteiger partial charge >= 0.3 is 5.69 Å². The number of nitrogens with one attached hydrogen (secondary N) is 2. The number of ether oxygens (including phenoxy) is 1. The van der Waals surface area contributed by atoms with Gasteiger partial charge in [0.15, 0.2) is 0 Å². The van der Waals surface area contributed by atoms with E-state index in [1.54, 1.807) is 19.2 Å². The Balaban J connectivity index is 1.27. The number of amides is 2. The van der Waals surface area contributed by atoms with Gasteiger partial charge in [0.1, 0.15) is 5.56 Å². The molecule has 1 atom stereocenters. The molecule has 0 spiro atoms. The van der Waals surface area contributed by atoms with Crippen LogP contribution in [0.2, 0.25) is 5.02 Å². The van der Waals surface area contributed by atoms with Gasteiger partial charge in [-0.2, -0.15) is 0 Å². The lowest BCUT2D eigenvalue weighted by atomic mass is 9.94. The first-order valence-electron chi connectivity index (χ1n) is 15.5. The molecule has 0 bridgehead atoms. The summed E-state index contributed by atoms with van der Waals surface area (Å²) in [6, 6.07) is 13.0. The standard InChI is InChI=1S/C34H35ClN6O7S/c1-18-21(8-7-11-25(18)36-31(43)24-17-39(2)34(45)40(3)33(24)44)22-9-6-10-23(29(22)35)26-14-19-12-13-27(28(19)32(37-26)48-4)41-15-20(16-41)30(42)38-49(5,46)47/h6-11,14,17,20,27H,12-13,15-16H2,1-5H3,(H,36,43)(H,38,42)/t27-/m1/s1. The minimum Gasteiger partial charge on any atom is -0.481 e. The van der Waals surface area contributed by atoms with Gasteiger partial charge in [-0.3, -0.25) is 28.6 Å². The largest absolute Gasteiger partial charge is 0.481 e. The van der Waals surface area contributed by atoms with E-state index in [0.29, 0.717) is 46.5 Å². The summed E-state index contributed by atoms with van der Waals surface area (Å²) in [6.07, 6.45) is 3.75. The first kappa shape index (κ1) is 34.1. The zero-order valence-electron chi connectivity index (χ0n) is 27.5. The van der Waals surface area contributed by atoms with E-state index in [0.717, 1.165) is 45.9 Å². The molecule has 1 saturated heterocycles. The molecule has 0 saturated carbocycles. The van der Waals surface area contributed by atoms with E-state index in [-0.39, 0.29) is 11.6 Å². The summed E-state index contributed by atoms with van der Waals surface area (Å²) < 4.78 is 32.9. The molecule has 4 aromatic rings. The van der Waals surface area contributed by atoms with Crippen LogP contribution in [-0.2, 0) is 35.3 Å². The molecule has 2 aromatic carbocycles. The molecule has 49 heavy (non-hydrogen) atoms. The predicted octanol–water partition coefficient (Wildman–Crippen LogP) is 3.03. The number of carbonyl (C=O) groups excluding carboxylic acids is 2. The number of methoxy groups -OCH3 is 1. The number of likely N-dealkylation sites (tertiary alicyclic amines) is 1. The Hall–Kier alpha value is -4.79. The van der Waals surface area contributed by atoms with Crippen LogP contribution in [0.3, 0.4) is 0 Å². The zero-order valence-corrected chi connectivity index (χ0v) is 29.1. The number of aryl methyl sites for hydroxylation is 2. The SMILES string of the molecule is COc1nc(-c2cccc(-c3cccc(NC(=O)c4cn(C)c(=O)n(C)c4=O)c3C)c2Cl)cc2c1[C@H](N1CC(C(=O)NS(C)(=O)=O)C1)CC2. The highest BCUT2D eigenvalue weighted by molar-refractivity contribution is 7.89. The third kappa shape index (κ3) is 6.38.